The molecule has 17 heavy (non-hydrogen) atoms. The molecule has 1 rings (SSSR count). The molecule has 0 bridgehead atoms. The van der Waals surface area contributed by atoms with Crippen molar-refractivity contribution >= 4 is 0 Å². The van der Waals surface area contributed by atoms with Crippen LogP contribution in [0.25, 0.3) is 0 Å². The Labute approximate surface area is 105 Å². The van der Waals surface area contributed by atoms with Crippen LogP contribution in [-0.2, 0) is 6.42 Å². The van der Waals surface area contributed by atoms with Crippen LogP contribution in [0.2, 0.25) is 0 Å². The van der Waals surface area contributed by atoms with Gasteiger partial charge in [0.05, 0.1) is 7.11 Å². The van der Waals surface area contributed by atoms with Gasteiger partial charge in [-0.15, -0.1) is 0 Å². The Morgan fingerprint density at radius 3 is 2.35 bits per heavy atom. The topological polar surface area (TPSA) is 35.2 Å². The summed E-state index contributed by atoms with van der Waals surface area (Å²) in [6.07, 6.45) is 2.22. The molecule has 0 aliphatic heterocycles. The number of ether oxygens (including phenoxy) is 1. The van der Waals surface area contributed by atoms with E-state index in [-0.39, 0.29) is 0 Å². The van der Waals surface area contributed by atoms with Crippen molar-refractivity contribution in [2.45, 2.75) is 40.5 Å². The predicted octanol–water partition coefficient (Wildman–Crippen LogP) is 3.15. The van der Waals surface area contributed by atoms with Crippen LogP contribution in [0.15, 0.2) is 6.07 Å². The second kappa shape index (κ2) is 6.06. The molecular formula is C15H25NO. The lowest BCUT2D eigenvalue weighted by molar-refractivity contribution is 0.410. The third kappa shape index (κ3) is 3.01. The number of hydrogen-bond donors (Lipinski definition) is 1. The first-order valence-electron chi connectivity index (χ1n) is 6.38. The third-order valence-electron chi connectivity index (χ3n) is 3.83. The zero-order valence-electron chi connectivity index (χ0n) is 11.8. The normalized spacial score (nSPS) is 12.6. The van der Waals surface area contributed by atoms with E-state index in [4.69, 9.17) is 10.5 Å². The van der Waals surface area contributed by atoms with Crippen LogP contribution in [0.1, 0.15) is 35.6 Å². The minimum atomic E-state index is 0.584. The molecule has 0 aromatic heterocycles. The first-order chi connectivity index (χ1) is 8.04. The molecule has 96 valence electrons. The minimum absolute atomic E-state index is 0.584. The van der Waals surface area contributed by atoms with E-state index in [0.717, 1.165) is 25.1 Å². The van der Waals surface area contributed by atoms with Gasteiger partial charge in [0.2, 0.25) is 0 Å². The largest absolute Gasteiger partial charge is 0.496 e. The van der Waals surface area contributed by atoms with E-state index in [0.29, 0.717) is 5.92 Å². The van der Waals surface area contributed by atoms with Crippen LogP contribution in [0.3, 0.4) is 0 Å². The molecule has 1 aromatic rings. The van der Waals surface area contributed by atoms with Gasteiger partial charge >= 0.3 is 0 Å². The van der Waals surface area contributed by atoms with E-state index in [1.165, 1.54) is 22.3 Å². The molecule has 0 radical (unpaired) electrons. The van der Waals surface area contributed by atoms with E-state index >= 15 is 0 Å². The number of aryl methyl sites for hydroxylation is 1. The summed E-state index contributed by atoms with van der Waals surface area (Å²) in [7, 11) is 1.73. The molecule has 0 aliphatic rings. The van der Waals surface area contributed by atoms with Crippen molar-refractivity contribution in [3.8, 4) is 5.75 Å². The number of benzene rings is 1. The fourth-order valence-corrected chi connectivity index (χ4v) is 2.31. The second-order valence-electron chi connectivity index (χ2n) is 4.84. The van der Waals surface area contributed by atoms with Crippen LogP contribution in [0, 0.1) is 26.7 Å². The van der Waals surface area contributed by atoms with E-state index in [2.05, 4.69) is 33.8 Å². The molecule has 0 heterocycles. The van der Waals surface area contributed by atoms with Gasteiger partial charge < -0.3 is 10.5 Å². The summed E-state index contributed by atoms with van der Waals surface area (Å²) >= 11 is 0. The Kier molecular flexibility index (Phi) is 5.01. The summed E-state index contributed by atoms with van der Waals surface area (Å²) in [4.78, 5) is 0. The quantitative estimate of drug-likeness (QED) is 0.851. The number of nitrogens with two attached hydrogens (primary N) is 1. The van der Waals surface area contributed by atoms with Crippen LogP contribution >= 0.6 is 0 Å². The number of hydrogen-bond acceptors (Lipinski definition) is 2. The van der Waals surface area contributed by atoms with Crippen molar-refractivity contribution in [2.24, 2.45) is 11.7 Å². The molecule has 2 N–H and O–H groups in total. The summed E-state index contributed by atoms with van der Waals surface area (Å²) in [5.41, 5.74) is 11.2. The second-order valence-corrected chi connectivity index (χ2v) is 4.84. The molecule has 0 amide bonds. The lowest BCUT2D eigenvalue weighted by Gasteiger charge is -2.19. The van der Waals surface area contributed by atoms with Crippen molar-refractivity contribution in [1.82, 2.24) is 0 Å². The molecule has 2 heteroatoms. The Hall–Kier alpha value is -1.02. The van der Waals surface area contributed by atoms with Crippen LogP contribution < -0.4 is 10.5 Å². The predicted molar refractivity (Wildman–Crippen MR) is 73.7 cm³/mol. The van der Waals surface area contributed by atoms with Gasteiger partial charge in [0.1, 0.15) is 5.75 Å². The molecule has 0 spiro atoms. The Bertz CT molecular complexity index is 381. The average Bonchev–Trinajstić information content (AvgIpc) is 2.34. The maximum atomic E-state index is 5.80. The molecule has 0 saturated heterocycles. The zero-order valence-corrected chi connectivity index (χ0v) is 11.8. The molecule has 0 aliphatic carbocycles. The first kappa shape index (κ1) is 14.0. The van der Waals surface area contributed by atoms with Crippen molar-refractivity contribution in [1.29, 1.82) is 0 Å². The Morgan fingerprint density at radius 2 is 1.88 bits per heavy atom. The van der Waals surface area contributed by atoms with Crippen LogP contribution in [0.4, 0.5) is 0 Å². The molecule has 1 unspecified atom stereocenters. The van der Waals surface area contributed by atoms with Gasteiger partial charge in [-0.3, -0.25) is 0 Å². The third-order valence-corrected chi connectivity index (χ3v) is 3.83. The van der Waals surface area contributed by atoms with Gasteiger partial charge in [0.15, 0.2) is 0 Å². The summed E-state index contributed by atoms with van der Waals surface area (Å²) in [5, 5.41) is 0. The smallest absolute Gasteiger partial charge is 0.122 e. The van der Waals surface area contributed by atoms with E-state index in [1.54, 1.807) is 7.11 Å². The lowest BCUT2D eigenvalue weighted by Crippen LogP contribution is -2.17. The monoisotopic (exact) mass is 235 g/mol. The van der Waals surface area contributed by atoms with Crippen LogP contribution in [0.5, 0.6) is 5.75 Å². The summed E-state index contributed by atoms with van der Waals surface area (Å²) < 4.78 is 5.39. The van der Waals surface area contributed by atoms with Gasteiger partial charge in [-0.05, 0) is 68.0 Å². The van der Waals surface area contributed by atoms with Crippen molar-refractivity contribution in [3.63, 3.8) is 0 Å². The Morgan fingerprint density at radius 1 is 1.24 bits per heavy atom. The maximum absolute atomic E-state index is 5.80. The minimum Gasteiger partial charge on any atom is -0.496 e. The highest BCUT2D eigenvalue weighted by Gasteiger charge is 2.14. The van der Waals surface area contributed by atoms with Gasteiger partial charge in [0, 0.05) is 0 Å². The fraction of sp³-hybridized carbons (Fsp3) is 0.600. The highest BCUT2D eigenvalue weighted by molar-refractivity contribution is 5.48. The summed E-state index contributed by atoms with van der Waals surface area (Å²) in [6.45, 7) is 9.44. The standard InChI is InChI=1S/C15H25NO/c1-6-13(9-16)8-14-10(2)7-15(17-5)12(4)11(14)3/h7,13H,6,8-9,16H2,1-5H3. The van der Waals surface area contributed by atoms with Gasteiger partial charge in [-0.1, -0.05) is 13.3 Å². The molecule has 0 fully saturated rings. The van der Waals surface area contributed by atoms with Crippen molar-refractivity contribution in [2.75, 3.05) is 13.7 Å². The molecule has 0 saturated carbocycles. The first-order valence-corrected chi connectivity index (χ1v) is 6.38. The lowest BCUT2D eigenvalue weighted by atomic mass is 9.89. The van der Waals surface area contributed by atoms with Gasteiger partial charge in [-0.2, -0.15) is 0 Å². The molecule has 1 atom stereocenters. The van der Waals surface area contributed by atoms with Gasteiger partial charge in [0.25, 0.3) is 0 Å². The highest BCUT2D eigenvalue weighted by Crippen LogP contribution is 2.29. The fourth-order valence-electron chi connectivity index (χ4n) is 2.31. The van der Waals surface area contributed by atoms with E-state index in [9.17, 15) is 0 Å². The molecule has 1 aromatic carbocycles. The van der Waals surface area contributed by atoms with E-state index in [1.807, 2.05) is 0 Å². The average molecular weight is 235 g/mol. The van der Waals surface area contributed by atoms with Crippen molar-refractivity contribution < 1.29 is 4.74 Å². The van der Waals surface area contributed by atoms with Crippen molar-refractivity contribution in [3.05, 3.63) is 28.3 Å². The SMILES string of the molecule is CCC(CN)Cc1c(C)cc(OC)c(C)c1C. The summed E-state index contributed by atoms with van der Waals surface area (Å²) in [6, 6.07) is 2.14. The Balaban J connectivity index is 3.12. The molecular weight excluding hydrogens is 210 g/mol. The summed E-state index contributed by atoms with van der Waals surface area (Å²) in [5.74, 6) is 1.57. The number of rotatable bonds is 5. The van der Waals surface area contributed by atoms with E-state index < -0.39 is 0 Å². The maximum Gasteiger partial charge on any atom is 0.122 e. The zero-order chi connectivity index (χ0) is 13.0. The number of methoxy groups -OCH3 is 1. The highest BCUT2D eigenvalue weighted by atomic mass is 16.5. The van der Waals surface area contributed by atoms with Crippen LogP contribution in [-0.4, -0.2) is 13.7 Å². The molecule has 2 nitrogen and oxygen atoms in total. The van der Waals surface area contributed by atoms with Gasteiger partial charge in [-0.25, -0.2) is 0 Å².